The van der Waals surface area contributed by atoms with Gasteiger partial charge in [0.05, 0.1) is 6.04 Å². The number of H-pyrrole nitrogens is 1. The topological polar surface area (TPSA) is 48.1 Å². The molecule has 0 spiro atoms. The van der Waals surface area contributed by atoms with Crippen LogP contribution in [0.3, 0.4) is 0 Å². The molecule has 118 valence electrons. The van der Waals surface area contributed by atoms with Crippen LogP contribution in [0.15, 0.2) is 30.5 Å². The SMILES string of the molecule is CC(C)(C)NC(=O)[C@@H]1CCCN1Cc1c[nH]c2ccccc12. The van der Waals surface area contributed by atoms with Crippen molar-refractivity contribution in [2.45, 2.75) is 51.7 Å². The lowest BCUT2D eigenvalue weighted by Gasteiger charge is -2.28. The second kappa shape index (κ2) is 5.76. The number of likely N-dealkylation sites (tertiary alicyclic amines) is 1. The third-order valence-electron chi connectivity index (χ3n) is 4.21. The molecule has 1 aliphatic rings. The third-order valence-corrected chi connectivity index (χ3v) is 4.21. The van der Waals surface area contributed by atoms with E-state index < -0.39 is 0 Å². The molecule has 1 aromatic carbocycles. The molecule has 1 aliphatic heterocycles. The number of fused-ring (bicyclic) bond motifs is 1. The summed E-state index contributed by atoms with van der Waals surface area (Å²) < 4.78 is 0. The summed E-state index contributed by atoms with van der Waals surface area (Å²) >= 11 is 0. The van der Waals surface area contributed by atoms with E-state index in [0.29, 0.717) is 0 Å². The Morgan fingerprint density at radius 2 is 2.14 bits per heavy atom. The van der Waals surface area contributed by atoms with Gasteiger partial charge < -0.3 is 10.3 Å². The van der Waals surface area contributed by atoms with Crippen molar-refractivity contribution in [1.82, 2.24) is 15.2 Å². The van der Waals surface area contributed by atoms with Gasteiger partial charge in [-0.3, -0.25) is 9.69 Å². The van der Waals surface area contributed by atoms with Gasteiger partial charge in [0.15, 0.2) is 0 Å². The standard InChI is InChI=1S/C18H25N3O/c1-18(2,3)20-17(22)16-9-6-10-21(16)12-13-11-19-15-8-5-4-7-14(13)15/h4-5,7-8,11,16,19H,6,9-10,12H2,1-3H3,(H,20,22)/t16-/m0/s1. The molecule has 3 rings (SSSR count). The fraction of sp³-hybridized carbons (Fsp3) is 0.500. The molecule has 2 aromatic rings. The van der Waals surface area contributed by atoms with Crippen molar-refractivity contribution >= 4 is 16.8 Å². The van der Waals surface area contributed by atoms with E-state index in [9.17, 15) is 4.79 Å². The maximum atomic E-state index is 12.5. The zero-order valence-corrected chi connectivity index (χ0v) is 13.6. The highest BCUT2D eigenvalue weighted by Crippen LogP contribution is 2.25. The summed E-state index contributed by atoms with van der Waals surface area (Å²) in [4.78, 5) is 18.1. The first-order valence-electron chi connectivity index (χ1n) is 8.05. The number of hydrogen-bond acceptors (Lipinski definition) is 2. The molecule has 1 atom stereocenters. The number of hydrogen-bond donors (Lipinski definition) is 2. The quantitative estimate of drug-likeness (QED) is 0.915. The van der Waals surface area contributed by atoms with Crippen LogP contribution in [0.2, 0.25) is 0 Å². The number of nitrogens with zero attached hydrogens (tertiary/aromatic N) is 1. The molecular weight excluding hydrogens is 274 g/mol. The highest BCUT2D eigenvalue weighted by molar-refractivity contribution is 5.84. The molecule has 1 amide bonds. The molecule has 1 saturated heterocycles. The molecule has 0 bridgehead atoms. The van der Waals surface area contributed by atoms with E-state index in [1.807, 2.05) is 26.8 Å². The first-order chi connectivity index (χ1) is 10.4. The largest absolute Gasteiger partial charge is 0.361 e. The molecule has 4 heteroatoms. The van der Waals surface area contributed by atoms with Gasteiger partial charge in [0, 0.05) is 29.2 Å². The zero-order chi connectivity index (χ0) is 15.7. The number of aromatic amines is 1. The van der Waals surface area contributed by atoms with Crippen molar-refractivity contribution < 1.29 is 4.79 Å². The van der Waals surface area contributed by atoms with E-state index in [4.69, 9.17) is 0 Å². The lowest BCUT2D eigenvalue weighted by molar-refractivity contribution is -0.127. The number of carbonyl (C=O) groups is 1. The molecule has 2 heterocycles. The molecule has 0 unspecified atom stereocenters. The fourth-order valence-electron chi connectivity index (χ4n) is 3.25. The van der Waals surface area contributed by atoms with Crippen LogP contribution in [0.4, 0.5) is 0 Å². The molecule has 0 radical (unpaired) electrons. The molecular formula is C18H25N3O. The van der Waals surface area contributed by atoms with Crippen molar-refractivity contribution in [3.05, 3.63) is 36.0 Å². The number of benzene rings is 1. The molecule has 4 nitrogen and oxygen atoms in total. The third kappa shape index (κ3) is 3.17. The predicted molar refractivity (Wildman–Crippen MR) is 89.6 cm³/mol. The Hall–Kier alpha value is -1.81. The summed E-state index contributed by atoms with van der Waals surface area (Å²) in [7, 11) is 0. The van der Waals surface area contributed by atoms with Crippen LogP contribution in [0.25, 0.3) is 10.9 Å². The maximum Gasteiger partial charge on any atom is 0.237 e. The Balaban J connectivity index is 1.75. The second-order valence-electron chi connectivity index (χ2n) is 7.23. The van der Waals surface area contributed by atoms with Gasteiger partial charge >= 0.3 is 0 Å². The van der Waals surface area contributed by atoms with Gasteiger partial charge in [-0.2, -0.15) is 0 Å². The van der Waals surface area contributed by atoms with Crippen molar-refractivity contribution in [2.75, 3.05) is 6.54 Å². The van der Waals surface area contributed by atoms with Crippen molar-refractivity contribution in [3.63, 3.8) is 0 Å². The average Bonchev–Trinajstić information content (AvgIpc) is 3.05. The molecule has 22 heavy (non-hydrogen) atoms. The highest BCUT2D eigenvalue weighted by atomic mass is 16.2. The van der Waals surface area contributed by atoms with Crippen LogP contribution in [0, 0.1) is 0 Å². The van der Waals surface area contributed by atoms with E-state index in [0.717, 1.165) is 31.4 Å². The Morgan fingerprint density at radius 1 is 1.36 bits per heavy atom. The number of carbonyl (C=O) groups excluding carboxylic acids is 1. The van der Waals surface area contributed by atoms with Crippen LogP contribution in [0.5, 0.6) is 0 Å². The fourth-order valence-corrected chi connectivity index (χ4v) is 3.25. The van der Waals surface area contributed by atoms with Crippen molar-refractivity contribution in [2.24, 2.45) is 0 Å². The van der Waals surface area contributed by atoms with E-state index in [1.165, 1.54) is 10.9 Å². The van der Waals surface area contributed by atoms with E-state index in [2.05, 4.69) is 39.6 Å². The predicted octanol–water partition coefficient (Wildman–Crippen LogP) is 3.05. The van der Waals surface area contributed by atoms with E-state index in [1.54, 1.807) is 0 Å². The Morgan fingerprint density at radius 3 is 2.91 bits per heavy atom. The number of amides is 1. The highest BCUT2D eigenvalue weighted by Gasteiger charge is 2.32. The van der Waals surface area contributed by atoms with Gasteiger partial charge in [-0.15, -0.1) is 0 Å². The minimum atomic E-state index is -0.174. The van der Waals surface area contributed by atoms with Gasteiger partial charge in [0.25, 0.3) is 0 Å². The monoisotopic (exact) mass is 299 g/mol. The van der Waals surface area contributed by atoms with Crippen LogP contribution in [-0.2, 0) is 11.3 Å². The average molecular weight is 299 g/mol. The Bertz CT molecular complexity index is 668. The molecule has 2 N–H and O–H groups in total. The summed E-state index contributed by atoms with van der Waals surface area (Å²) in [5.41, 5.74) is 2.25. The Kier molecular flexibility index (Phi) is 3.96. The summed E-state index contributed by atoms with van der Waals surface area (Å²) in [5.74, 6) is 0.157. The normalized spacial score (nSPS) is 19.7. The van der Waals surface area contributed by atoms with Gasteiger partial charge in [0.1, 0.15) is 0 Å². The second-order valence-corrected chi connectivity index (χ2v) is 7.23. The van der Waals surface area contributed by atoms with Crippen molar-refractivity contribution in [3.8, 4) is 0 Å². The van der Waals surface area contributed by atoms with Crippen LogP contribution in [-0.4, -0.2) is 33.9 Å². The van der Waals surface area contributed by atoms with Gasteiger partial charge in [-0.05, 0) is 51.8 Å². The summed E-state index contributed by atoms with van der Waals surface area (Å²) in [6, 6.07) is 8.33. The molecule has 1 fully saturated rings. The Labute approximate surface area is 131 Å². The minimum absolute atomic E-state index is 0.00659. The first-order valence-corrected chi connectivity index (χ1v) is 8.05. The van der Waals surface area contributed by atoms with Crippen LogP contribution >= 0.6 is 0 Å². The zero-order valence-electron chi connectivity index (χ0n) is 13.6. The molecule has 0 saturated carbocycles. The number of aromatic nitrogens is 1. The number of nitrogens with one attached hydrogen (secondary N) is 2. The summed E-state index contributed by atoms with van der Waals surface area (Å²) in [6.07, 6.45) is 4.11. The summed E-state index contributed by atoms with van der Waals surface area (Å²) in [6.45, 7) is 7.91. The maximum absolute atomic E-state index is 12.5. The van der Waals surface area contributed by atoms with Crippen LogP contribution < -0.4 is 5.32 Å². The van der Waals surface area contributed by atoms with E-state index in [-0.39, 0.29) is 17.5 Å². The smallest absolute Gasteiger partial charge is 0.237 e. The van der Waals surface area contributed by atoms with Crippen molar-refractivity contribution in [1.29, 1.82) is 0 Å². The lowest BCUT2D eigenvalue weighted by atomic mass is 10.1. The van der Waals surface area contributed by atoms with Gasteiger partial charge in [-0.1, -0.05) is 18.2 Å². The minimum Gasteiger partial charge on any atom is -0.361 e. The van der Waals surface area contributed by atoms with Crippen LogP contribution in [0.1, 0.15) is 39.2 Å². The number of para-hydroxylation sites is 1. The summed E-state index contributed by atoms with van der Waals surface area (Å²) in [5, 5.41) is 4.37. The van der Waals surface area contributed by atoms with E-state index >= 15 is 0 Å². The van der Waals surface area contributed by atoms with Gasteiger partial charge in [0.2, 0.25) is 5.91 Å². The van der Waals surface area contributed by atoms with Gasteiger partial charge in [-0.25, -0.2) is 0 Å². The molecule has 0 aliphatic carbocycles. The lowest BCUT2D eigenvalue weighted by Crippen LogP contribution is -2.49. The molecule has 1 aromatic heterocycles. The first kappa shape index (κ1) is 15.1. The number of rotatable bonds is 3.